The molecule has 5 N–H and O–H groups in total. The van der Waals surface area contributed by atoms with Crippen molar-refractivity contribution in [1.82, 2.24) is 9.78 Å². The lowest BCUT2D eigenvalue weighted by Crippen LogP contribution is -2.22. The van der Waals surface area contributed by atoms with Gasteiger partial charge in [-0.3, -0.25) is 9.79 Å². The van der Waals surface area contributed by atoms with Crippen molar-refractivity contribution in [3.63, 3.8) is 0 Å². The molecule has 8 heteroatoms. The number of primary amides is 2. The fourth-order valence-corrected chi connectivity index (χ4v) is 2.48. The maximum Gasteiger partial charge on any atom is 0.316 e. The largest absolute Gasteiger partial charge is 0.364 e. The van der Waals surface area contributed by atoms with Crippen LogP contribution in [0.25, 0.3) is 5.69 Å². The Hall–Kier alpha value is -3.42. The predicted octanol–water partition coefficient (Wildman–Crippen LogP) is 1.19. The number of urea groups is 1. The highest BCUT2D eigenvalue weighted by Gasteiger charge is 2.16. The lowest BCUT2D eigenvalue weighted by atomic mass is 9.97. The molecule has 1 aliphatic rings. The van der Waals surface area contributed by atoms with Crippen molar-refractivity contribution in [3.8, 4) is 5.69 Å². The van der Waals surface area contributed by atoms with E-state index in [-0.39, 0.29) is 17.3 Å². The number of nitrogens with one attached hydrogen (secondary N) is 1. The third-order valence-corrected chi connectivity index (χ3v) is 3.63. The topological polar surface area (TPSA) is 128 Å². The fourth-order valence-electron chi connectivity index (χ4n) is 2.48. The first-order valence-electron chi connectivity index (χ1n) is 7.27. The summed E-state index contributed by atoms with van der Waals surface area (Å²) in [6.07, 6.45) is 7.30. The molecule has 1 aliphatic heterocycles. The van der Waals surface area contributed by atoms with Crippen LogP contribution in [0.4, 0.5) is 10.5 Å². The lowest BCUT2D eigenvalue weighted by molar-refractivity contribution is 0.0996. The molecule has 2 heterocycles. The number of aliphatic imine (C=N–C) groups is 1. The molecule has 1 atom stereocenters. The summed E-state index contributed by atoms with van der Waals surface area (Å²) < 4.78 is 1.46. The van der Waals surface area contributed by atoms with Gasteiger partial charge in [0.25, 0.3) is 5.91 Å². The van der Waals surface area contributed by atoms with E-state index >= 15 is 0 Å². The number of aromatic nitrogens is 2. The highest BCUT2D eigenvalue weighted by molar-refractivity contribution is 6.00. The molecule has 8 nitrogen and oxygen atoms in total. The number of rotatable bonds is 4. The second-order valence-electron chi connectivity index (χ2n) is 5.29. The molecular weight excluding hydrogens is 308 g/mol. The van der Waals surface area contributed by atoms with E-state index in [1.54, 1.807) is 6.21 Å². The molecule has 3 rings (SSSR count). The SMILES string of the molecule is NC(=O)Nc1cn(-c2ccc(C3C=CC=NC3)cc2)nc1C(N)=O. The number of amides is 3. The Morgan fingerprint density at radius 2 is 1.96 bits per heavy atom. The molecule has 122 valence electrons. The first-order chi connectivity index (χ1) is 11.5. The molecule has 0 saturated heterocycles. The molecule has 2 aromatic rings. The summed E-state index contributed by atoms with van der Waals surface area (Å²) in [5.74, 6) is -0.505. The Balaban J connectivity index is 1.88. The fraction of sp³-hybridized carbons (Fsp3) is 0.125. The summed E-state index contributed by atoms with van der Waals surface area (Å²) in [5, 5.41) is 6.45. The molecule has 24 heavy (non-hydrogen) atoms. The molecule has 1 aromatic heterocycles. The van der Waals surface area contributed by atoms with E-state index in [1.165, 1.54) is 10.9 Å². The summed E-state index contributed by atoms with van der Waals surface area (Å²) in [6, 6.07) is 6.88. The van der Waals surface area contributed by atoms with Crippen molar-refractivity contribution < 1.29 is 9.59 Å². The van der Waals surface area contributed by atoms with Crippen LogP contribution in [0, 0.1) is 0 Å². The number of nitrogens with zero attached hydrogens (tertiary/aromatic N) is 3. The van der Waals surface area contributed by atoms with E-state index in [0.29, 0.717) is 0 Å². The van der Waals surface area contributed by atoms with Gasteiger partial charge in [0.1, 0.15) is 0 Å². The first-order valence-corrected chi connectivity index (χ1v) is 7.27. The monoisotopic (exact) mass is 324 g/mol. The number of nitrogens with two attached hydrogens (primary N) is 2. The zero-order chi connectivity index (χ0) is 17.1. The molecule has 0 saturated carbocycles. The Kier molecular flexibility index (Phi) is 4.11. The van der Waals surface area contributed by atoms with Crippen molar-refractivity contribution in [2.45, 2.75) is 5.92 Å². The quantitative estimate of drug-likeness (QED) is 0.781. The normalized spacial score (nSPS) is 16.1. The summed E-state index contributed by atoms with van der Waals surface area (Å²) in [4.78, 5) is 26.7. The van der Waals surface area contributed by atoms with Crippen LogP contribution in [0.5, 0.6) is 0 Å². The van der Waals surface area contributed by atoms with Gasteiger partial charge in [0.15, 0.2) is 5.69 Å². The van der Waals surface area contributed by atoms with Crippen LogP contribution in [0.3, 0.4) is 0 Å². The van der Waals surface area contributed by atoms with Gasteiger partial charge in [0.05, 0.1) is 17.6 Å². The van der Waals surface area contributed by atoms with Crippen LogP contribution in [-0.4, -0.2) is 34.5 Å². The van der Waals surface area contributed by atoms with E-state index in [0.717, 1.165) is 17.8 Å². The van der Waals surface area contributed by atoms with Gasteiger partial charge >= 0.3 is 6.03 Å². The summed E-state index contributed by atoms with van der Waals surface area (Å²) >= 11 is 0. The minimum atomic E-state index is -0.794. The Labute approximate surface area is 137 Å². The lowest BCUT2D eigenvalue weighted by Gasteiger charge is -2.13. The number of allylic oxidation sites excluding steroid dienone is 1. The molecule has 0 aliphatic carbocycles. The number of anilines is 1. The Bertz CT molecular complexity index is 835. The molecule has 0 fully saturated rings. The maximum atomic E-state index is 11.4. The Morgan fingerprint density at radius 3 is 2.54 bits per heavy atom. The van der Waals surface area contributed by atoms with Gasteiger partial charge in [-0.1, -0.05) is 18.2 Å². The van der Waals surface area contributed by atoms with Gasteiger partial charge in [-0.25, -0.2) is 9.48 Å². The average Bonchev–Trinajstić information content (AvgIpc) is 2.99. The number of benzene rings is 1. The number of hydrogen-bond donors (Lipinski definition) is 3. The second-order valence-corrected chi connectivity index (χ2v) is 5.29. The van der Waals surface area contributed by atoms with Gasteiger partial charge in [-0.15, -0.1) is 0 Å². The van der Waals surface area contributed by atoms with Crippen LogP contribution < -0.4 is 16.8 Å². The van der Waals surface area contributed by atoms with Crippen LogP contribution in [0.1, 0.15) is 22.0 Å². The van der Waals surface area contributed by atoms with Crippen molar-refractivity contribution in [3.05, 3.63) is 53.9 Å². The molecule has 0 radical (unpaired) electrons. The van der Waals surface area contributed by atoms with Crippen molar-refractivity contribution in [2.24, 2.45) is 16.5 Å². The number of hydrogen-bond acceptors (Lipinski definition) is 4. The highest BCUT2D eigenvalue weighted by atomic mass is 16.2. The van der Waals surface area contributed by atoms with Gasteiger partial charge in [0.2, 0.25) is 0 Å². The van der Waals surface area contributed by atoms with E-state index < -0.39 is 11.9 Å². The van der Waals surface area contributed by atoms with E-state index in [9.17, 15) is 9.59 Å². The van der Waals surface area contributed by atoms with Crippen LogP contribution in [-0.2, 0) is 0 Å². The molecular formula is C16H16N6O2. The summed E-state index contributed by atoms with van der Waals surface area (Å²) in [5.41, 5.74) is 12.3. The molecule has 1 unspecified atom stereocenters. The number of carbonyl (C=O) groups excluding carboxylic acids is 2. The molecule has 1 aromatic carbocycles. The van der Waals surface area contributed by atoms with E-state index in [4.69, 9.17) is 11.5 Å². The maximum absolute atomic E-state index is 11.4. The highest BCUT2D eigenvalue weighted by Crippen LogP contribution is 2.22. The third-order valence-electron chi connectivity index (χ3n) is 3.63. The van der Waals surface area contributed by atoms with Gasteiger partial charge in [-0.05, 0) is 23.8 Å². The minimum absolute atomic E-state index is 0.0533. The second kappa shape index (κ2) is 6.37. The van der Waals surface area contributed by atoms with E-state index in [2.05, 4.69) is 21.5 Å². The number of carbonyl (C=O) groups is 2. The van der Waals surface area contributed by atoms with Crippen LogP contribution >= 0.6 is 0 Å². The van der Waals surface area contributed by atoms with Gasteiger partial charge in [-0.2, -0.15) is 5.10 Å². The standard InChI is InChI=1S/C16H16N6O2/c17-15(23)14-13(20-16(18)24)9-22(21-14)12-5-3-10(4-6-12)11-2-1-7-19-8-11/h1-7,9,11H,8H2,(H2,17,23)(H3,18,20,24). The van der Waals surface area contributed by atoms with E-state index in [1.807, 2.05) is 30.3 Å². The first kappa shape index (κ1) is 15.5. The van der Waals surface area contributed by atoms with Gasteiger partial charge in [0, 0.05) is 18.7 Å². The zero-order valence-electron chi connectivity index (χ0n) is 12.7. The van der Waals surface area contributed by atoms with Crippen molar-refractivity contribution in [1.29, 1.82) is 0 Å². The Morgan fingerprint density at radius 1 is 1.21 bits per heavy atom. The van der Waals surface area contributed by atoms with Crippen molar-refractivity contribution in [2.75, 3.05) is 11.9 Å². The van der Waals surface area contributed by atoms with Crippen molar-refractivity contribution >= 4 is 23.8 Å². The zero-order valence-corrected chi connectivity index (χ0v) is 12.7. The minimum Gasteiger partial charge on any atom is -0.364 e. The summed E-state index contributed by atoms with van der Waals surface area (Å²) in [7, 11) is 0. The molecule has 3 amide bonds. The predicted molar refractivity (Wildman–Crippen MR) is 90.5 cm³/mol. The van der Waals surface area contributed by atoms with Crippen LogP contribution in [0.2, 0.25) is 0 Å². The number of dihydropyridines is 1. The smallest absolute Gasteiger partial charge is 0.316 e. The molecule has 0 spiro atoms. The summed E-state index contributed by atoms with van der Waals surface area (Å²) in [6.45, 7) is 0.718. The molecule has 0 bridgehead atoms. The third kappa shape index (κ3) is 3.17. The average molecular weight is 324 g/mol. The van der Waals surface area contributed by atoms with Gasteiger partial charge < -0.3 is 16.8 Å². The van der Waals surface area contributed by atoms with Crippen LogP contribution in [0.15, 0.2) is 47.6 Å².